The van der Waals surface area contributed by atoms with Crippen LogP contribution in [0.15, 0.2) is 30.3 Å². The van der Waals surface area contributed by atoms with E-state index in [1.807, 2.05) is 35.0 Å². The van der Waals surface area contributed by atoms with Crippen molar-refractivity contribution in [1.29, 1.82) is 0 Å². The number of rotatable bonds is 1. The summed E-state index contributed by atoms with van der Waals surface area (Å²) in [6.07, 6.45) is 0.758. The first-order chi connectivity index (χ1) is 8.24. The molecule has 2 N–H and O–H groups in total. The monoisotopic (exact) mass is 248 g/mol. The number of benzene rings is 1. The summed E-state index contributed by atoms with van der Waals surface area (Å²) in [6.45, 7) is 0.685. The summed E-state index contributed by atoms with van der Waals surface area (Å²) in [5, 5.41) is 4.51. The van der Waals surface area contributed by atoms with E-state index < -0.39 is 0 Å². The van der Waals surface area contributed by atoms with Gasteiger partial charge in [-0.2, -0.15) is 5.10 Å². The molecule has 5 heteroatoms. The van der Waals surface area contributed by atoms with Gasteiger partial charge in [0.1, 0.15) is 5.82 Å². The summed E-state index contributed by atoms with van der Waals surface area (Å²) in [4.78, 5) is 4.50. The van der Waals surface area contributed by atoms with Crippen molar-refractivity contribution < 1.29 is 0 Å². The van der Waals surface area contributed by atoms with Crippen LogP contribution in [-0.2, 0) is 6.54 Å². The van der Waals surface area contributed by atoms with Crippen molar-refractivity contribution in [3.63, 3.8) is 0 Å². The lowest BCUT2D eigenvalue weighted by Gasteiger charge is -2.22. The standard InChI is InChI=1S/C12H13ClN4/c13-9-6-10(14)12-15-11(16-17(12)7-9)8-4-2-1-3-5-8/h1-5,9-10H,6-7,14H2. The molecule has 0 radical (unpaired) electrons. The predicted octanol–water partition coefficient (Wildman–Crippen LogP) is 1.96. The molecule has 1 aromatic heterocycles. The van der Waals surface area contributed by atoms with Gasteiger partial charge in [-0.05, 0) is 6.42 Å². The summed E-state index contributed by atoms with van der Waals surface area (Å²) < 4.78 is 1.83. The van der Waals surface area contributed by atoms with E-state index in [-0.39, 0.29) is 11.4 Å². The minimum Gasteiger partial charge on any atom is -0.321 e. The van der Waals surface area contributed by atoms with Crippen molar-refractivity contribution in [1.82, 2.24) is 14.8 Å². The Balaban J connectivity index is 2.03. The SMILES string of the molecule is NC1CC(Cl)Cn2nc(-c3ccccc3)nc21. The van der Waals surface area contributed by atoms with E-state index in [1.54, 1.807) is 0 Å². The van der Waals surface area contributed by atoms with Crippen LogP contribution in [0, 0.1) is 0 Å². The van der Waals surface area contributed by atoms with Gasteiger partial charge in [0.15, 0.2) is 5.82 Å². The molecule has 17 heavy (non-hydrogen) atoms. The Labute approximate surface area is 104 Å². The van der Waals surface area contributed by atoms with Gasteiger partial charge in [-0.3, -0.25) is 0 Å². The minimum absolute atomic E-state index is 0.0443. The molecule has 2 atom stereocenters. The number of halogens is 1. The van der Waals surface area contributed by atoms with E-state index in [4.69, 9.17) is 17.3 Å². The zero-order valence-electron chi connectivity index (χ0n) is 9.25. The van der Waals surface area contributed by atoms with Crippen molar-refractivity contribution in [2.45, 2.75) is 24.4 Å². The smallest absolute Gasteiger partial charge is 0.181 e. The van der Waals surface area contributed by atoms with Crippen LogP contribution in [0.5, 0.6) is 0 Å². The third-order valence-corrected chi connectivity index (χ3v) is 3.26. The van der Waals surface area contributed by atoms with Crippen molar-refractivity contribution in [3.05, 3.63) is 36.2 Å². The first-order valence-corrected chi connectivity index (χ1v) is 6.07. The van der Waals surface area contributed by atoms with Crippen molar-refractivity contribution in [3.8, 4) is 11.4 Å². The fraction of sp³-hybridized carbons (Fsp3) is 0.333. The summed E-state index contributed by atoms with van der Waals surface area (Å²) in [7, 11) is 0. The predicted molar refractivity (Wildman–Crippen MR) is 66.6 cm³/mol. The van der Waals surface area contributed by atoms with Gasteiger partial charge in [-0.1, -0.05) is 30.3 Å². The van der Waals surface area contributed by atoms with Gasteiger partial charge in [0, 0.05) is 5.56 Å². The largest absolute Gasteiger partial charge is 0.321 e. The molecule has 1 aliphatic heterocycles. The van der Waals surface area contributed by atoms with Crippen LogP contribution >= 0.6 is 11.6 Å². The summed E-state index contributed by atoms with van der Waals surface area (Å²) in [5.41, 5.74) is 7.03. The highest BCUT2D eigenvalue weighted by atomic mass is 35.5. The molecule has 0 saturated carbocycles. The van der Waals surface area contributed by atoms with Gasteiger partial charge in [-0.15, -0.1) is 11.6 Å². The topological polar surface area (TPSA) is 56.7 Å². The molecule has 0 bridgehead atoms. The summed E-state index contributed by atoms with van der Waals surface area (Å²) in [6, 6.07) is 9.78. The average molecular weight is 249 g/mol. The number of hydrogen-bond donors (Lipinski definition) is 1. The van der Waals surface area contributed by atoms with Crippen LogP contribution in [-0.4, -0.2) is 20.1 Å². The van der Waals surface area contributed by atoms with Crippen molar-refractivity contribution in [2.24, 2.45) is 5.73 Å². The zero-order valence-corrected chi connectivity index (χ0v) is 10.0. The number of fused-ring (bicyclic) bond motifs is 1. The molecule has 1 aromatic carbocycles. The van der Waals surface area contributed by atoms with Crippen LogP contribution < -0.4 is 5.73 Å². The maximum absolute atomic E-state index is 6.13. The molecule has 4 nitrogen and oxygen atoms in total. The Morgan fingerprint density at radius 2 is 2.06 bits per heavy atom. The van der Waals surface area contributed by atoms with Gasteiger partial charge in [0.05, 0.1) is 18.0 Å². The normalized spacial score (nSPS) is 23.4. The lowest BCUT2D eigenvalue weighted by molar-refractivity contribution is 0.428. The number of alkyl halides is 1. The van der Waals surface area contributed by atoms with Crippen LogP contribution in [0.25, 0.3) is 11.4 Å². The highest BCUT2D eigenvalue weighted by Crippen LogP contribution is 2.26. The van der Waals surface area contributed by atoms with Crippen LogP contribution in [0.2, 0.25) is 0 Å². The lowest BCUT2D eigenvalue weighted by atomic mass is 10.1. The quantitative estimate of drug-likeness (QED) is 0.785. The number of nitrogens with zero attached hydrogens (tertiary/aromatic N) is 3. The first-order valence-electron chi connectivity index (χ1n) is 5.64. The maximum Gasteiger partial charge on any atom is 0.181 e. The van der Waals surface area contributed by atoms with E-state index in [1.165, 1.54) is 0 Å². The number of nitrogens with two attached hydrogens (primary N) is 1. The van der Waals surface area contributed by atoms with Gasteiger partial charge in [-0.25, -0.2) is 9.67 Å². The summed E-state index contributed by atoms with van der Waals surface area (Å²) >= 11 is 6.13. The van der Waals surface area contributed by atoms with Crippen molar-refractivity contribution >= 4 is 11.6 Å². The molecule has 0 amide bonds. The molecular formula is C12H13ClN4. The Kier molecular flexibility index (Phi) is 2.61. The third kappa shape index (κ3) is 1.94. The van der Waals surface area contributed by atoms with E-state index >= 15 is 0 Å². The second-order valence-electron chi connectivity index (χ2n) is 4.28. The molecule has 0 fully saturated rings. The maximum atomic E-state index is 6.13. The minimum atomic E-state index is -0.115. The fourth-order valence-corrected chi connectivity index (χ4v) is 2.44. The van der Waals surface area contributed by atoms with Gasteiger partial charge >= 0.3 is 0 Å². The lowest BCUT2D eigenvalue weighted by Crippen LogP contribution is -2.29. The molecule has 0 saturated heterocycles. The number of hydrogen-bond acceptors (Lipinski definition) is 3. The van der Waals surface area contributed by atoms with E-state index in [9.17, 15) is 0 Å². The second-order valence-corrected chi connectivity index (χ2v) is 4.90. The van der Waals surface area contributed by atoms with Crippen LogP contribution in [0.1, 0.15) is 18.3 Å². The fourth-order valence-electron chi connectivity index (χ4n) is 2.12. The molecule has 88 valence electrons. The molecule has 0 spiro atoms. The number of aromatic nitrogens is 3. The Morgan fingerprint density at radius 3 is 2.82 bits per heavy atom. The van der Waals surface area contributed by atoms with Crippen LogP contribution in [0.4, 0.5) is 0 Å². The Bertz CT molecular complexity index is 523. The zero-order chi connectivity index (χ0) is 11.8. The Morgan fingerprint density at radius 1 is 1.29 bits per heavy atom. The highest BCUT2D eigenvalue weighted by Gasteiger charge is 2.26. The molecular weight excluding hydrogens is 236 g/mol. The molecule has 1 aliphatic rings. The van der Waals surface area contributed by atoms with Gasteiger partial charge in [0.2, 0.25) is 0 Å². The summed E-state index contributed by atoms with van der Waals surface area (Å²) in [5.74, 6) is 1.56. The average Bonchev–Trinajstić information content (AvgIpc) is 2.74. The van der Waals surface area contributed by atoms with E-state index in [2.05, 4.69) is 10.1 Å². The van der Waals surface area contributed by atoms with Crippen molar-refractivity contribution in [2.75, 3.05) is 0 Å². The van der Waals surface area contributed by atoms with Gasteiger partial charge in [0.25, 0.3) is 0 Å². The van der Waals surface area contributed by atoms with Gasteiger partial charge < -0.3 is 5.73 Å². The molecule has 2 heterocycles. The first kappa shape index (κ1) is 10.7. The molecule has 0 aliphatic carbocycles. The third-order valence-electron chi connectivity index (χ3n) is 2.94. The second kappa shape index (κ2) is 4.13. The molecule has 3 rings (SSSR count). The highest BCUT2D eigenvalue weighted by molar-refractivity contribution is 6.20. The Hall–Kier alpha value is -1.39. The molecule has 2 aromatic rings. The van der Waals surface area contributed by atoms with E-state index in [0.29, 0.717) is 6.54 Å². The van der Waals surface area contributed by atoms with E-state index in [0.717, 1.165) is 23.6 Å². The van der Waals surface area contributed by atoms with Crippen LogP contribution in [0.3, 0.4) is 0 Å². The molecule has 2 unspecified atom stereocenters.